The normalized spacial score (nSPS) is 12.1. The molecule has 0 fully saturated rings. The van der Waals surface area contributed by atoms with Crippen LogP contribution in [0.4, 0.5) is 26.7 Å². The van der Waals surface area contributed by atoms with E-state index >= 15 is 0 Å². The Balaban J connectivity index is 0.904. The minimum Gasteiger partial charge on any atom is -0.447 e. The van der Waals surface area contributed by atoms with Crippen molar-refractivity contribution in [2.45, 2.75) is 31.8 Å². The maximum Gasteiger partial charge on any atom is 0.424 e. The van der Waals surface area contributed by atoms with Crippen LogP contribution in [0.25, 0.3) is 22.2 Å². The van der Waals surface area contributed by atoms with Gasteiger partial charge in [0, 0.05) is 56.8 Å². The highest BCUT2D eigenvalue weighted by molar-refractivity contribution is 5.80. The van der Waals surface area contributed by atoms with Crippen LogP contribution in [0.1, 0.15) is 35.6 Å². The number of esters is 1. The van der Waals surface area contributed by atoms with E-state index in [-0.39, 0.29) is 57.8 Å². The van der Waals surface area contributed by atoms with Crippen molar-refractivity contribution in [1.82, 2.24) is 24.9 Å². The van der Waals surface area contributed by atoms with Crippen LogP contribution in [0.5, 0.6) is 5.75 Å². The van der Waals surface area contributed by atoms with Gasteiger partial charge in [0.1, 0.15) is 12.3 Å². The molecule has 0 saturated heterocycles. The van der Waals surface area contributed by atoms with Crippen molar-refractivity contribution in [3.05, 3.63) is 119 Å². The van der Waals surface area contributed by atoms with E-state index in [4.69, 9.17) is 14.2 Å². The molecule has 1 aliphatic rings. The second-order valence-corrected chi connectivity index (χ2v) is 13.3. The summed E-state index contributed by atoms with van der Waals surface area (Å²) in [6.45, 7) is 0.956. The van der Waals surface area contributed by atoms with Gasteiger partial charge in [0.2, 0.25) is 40.7 Å². The largest absolute Gasteiger partial charge is 0.447 e. The van der Waals surface area contributed by atoms with Gasteiger partial charge in [-0.2, -0.15) is 8.78 Å². The Morgan fingerprint density at radius 1 is 0.776 bits per heavy atom. The Morgan fingerprint density at radius 2 is 1.40 bits per heavy atom. The van der Waals surface area contributed by atoms with Gasteiger partial charge >= 0.3 is 12.1 Å². The minimum atomic E-state index is -2.37. The molecule has 6 rings (SSSR count). The van der Waals surface area contributed by atoms with E-state index in [2.05, 4.69) is 39.3 Å². The lowest BCUT2D eigenvalue weighted by molar-refractivity contribution is -0.136. The zero-order valence-corrected chi connectivity index (χ0v) is 31.6. The lowest BCUT2D eigenvalue weighted by Gasteiger charge is -2.28. The molecule has 2 aromatic heterocycles. The predicted molar refractivity (Wildman–Crippen MR) is 200 cm³/mol. The number of hydrogen-bond acceptors (Lipinski definition) is 9. The summed E-state index contributed by atoms with van der Waals surface area (Å²) in [6, 6.07) is 22.0. The molecule has 17 heteroatoms. The SMILES string of the molecule is CN(Cc1cc2cccnc2n1CCC(=O)NCCOCCOCCC(=O)Oc1c(F)c(F)c(F)c(F)c1F)N(C)C(=O)OCC1c2ccccc2-c2ccccc21. The minimum absolute atomic E-state index is 0.00512. The Bertz CT molecular complexity index is 2220. The number of rotatable bonds is 18. The molecule has 2 heterocycles. The van der Waals surface area contributed by atoms with Crippen LogP contribution >= 0.6 is 0 Å². The highest BCUT2D eigenvalue weighted by atomic mass is 19.2. The van der Waals surface area contributed by atoms with E-state index in [0.29, 0.717) is 18.7 Å². The third kappa shape index (κ3) is 9.44. The molecule has 0 spiro atoms. The molecule has 0 saturated carbocycles. The summed E-state index contributed by atoms with van der Waals surface area (Å²) in [7, 11) is 3.41. The molecule has 5 aromatic rings. The van der Waals surface area contributed by atoms with E-state index in [1.165, 1.54) is 5.01 Å². The van der Waals surface area contributed by atoms with Gasteiger partial charge in [0.15, 0.2) is 0 Å². The van der Waals surface area contributed by atoms with Crippen LogP contribution < -0.4 is 10.1 Å². The first-order chi connectivity index (χ1) is 28.0. The van der Waals surface area contributed by atoms with Gasteiger partial charge in [-0.3, -0.25) is 9.59 Å². The predicted octanol–water partition coefficient (Wildman–Crippen LogP) is 6.49. The summed E-state index contributed by atoms with van der Waals surface area (Å²) in [4.78, 5) is 42.4. The van der Waals surface area contributed by atoms with E-state index in [1.807, 2.05) is 47.0 Å². The second-order valence-electron chi connectivity index (χ2n) is 13.3. The first-order valence-electron chi connectivity index (χ1n) is 18.3. The van der Waals surface area contributed by atoms with Gasteiger partial charge in [0.05, 0.1) is 39.4 Å². The highest BCUT2D eigenvalue weighted by Crippen LogP contribution is 2.44. The van der Waals surface area contributed by atoms with E-state index in [0.717, 1.165) is 33.3 Å². The van der Waals surface area contributed by atoms with Gasteiger partial charge in [-0.25, -0.2) is 33.0 Å². The zero-order chi connectivity index (χ0) is 41.3. The van der Waals surface area contributed by atoms with E-state index in [1.54, 1.807) is 25.3 Å². The number of hydrazine groups is 1. The highest BCUT2D eigenvalue weighted by Gasteiger charge is 2.31. The van der Waals surface area contributed by atoms with Crippen LogP contribution in [0, 0.1) is 29.1 Å². The number of nitrogens with one attached hydrogen (secondary N) is 1. The van der Waals surface area contributed by atoms with Gasteiger partial charge in [-0.15, -0.1) is 0 Å². The van der Waals surface area contributed by atoms with Crippen LogP contribution in [0.2, 0.25) is 0 Å². The number of ether oxygens (including phenoxy) is 4. The number of benzene rings is 3. The maximum atomic E-state index is 13.7. The van der Waals surface area contributed by atoms with Crippen LogP contribution in [0.3, 0.4) is 0 Å². The Labute approximate surface area is 330 Å². The third-order valence-electron chi connectivity index (χ3n) is 9.58. The van der Waals surface area contributed by atoms with Gasteiger partial charge in [-0.05, 0) is 40.5 Å². The number of hydrogen-bond donors (Lipinski definition) is 1. The van der Waals surface area contributed by atoms with Crippen molar-refractivity contribution in [2.75, 3.05) is 53.7 Å². The van der Waals surface area contributed by atoms with Crippen molar-refractivity contribution in [1.29, 1.82) is 0 Å². The lowest BCUT2D eigenvalue weighted by atomic mass is 9.98. The molecular formula is C41H40F5N5O7. The standard InChI is InChI=1S/C41H40F5N5O7/c1-49(50(2)41(54)57-24-31-29-11-5-3-9-27(29)28-10-4-6-12-30(28)31)23-26-22-25-8-7-15-48-40(25)51(26)17-13-32(52)47-16-19-56-21-20-55-18-14-33(53)58-39-37(45)35(43)34(42)36(44)38(39)46/h3-12,15,22,31H,13-14,16-21,23-24H2,1-2H3,(H,47,52). The Morgan fingerprint density at radius 3 is 2.07 bits per heavy atom. The summed E-state index contributed by atoms with van der Waals surface area (Å²) < 4.78 is 89.8. The van der Waals surface area contributed by atoms with Crippen molar-refractivity contribution in [3.8, 4) is 16.9 Å². The molecule has 0 radical (unpaired) electrons. The summed E-state index contributed by atoms with van der Waals surface area (Å²) in [5, 5.41) is 6.81. The molecule has 3 aromatic carbocycles. The Kier molecular flexibility index (Phi) is 13.7. The van der Waals surface area contributed by atoms with E-state index < -0.39 is 53.3 Å². The molecule has 1 aliphatic carbocycles. The summed E-state index contributed by atoms with van der Waals surface area (Å²) in [5.74, 6) is -14.6. The fraction of sp³-hybridized carbons (Fsp3) is 0.317. The topological polar surface area (TPSA) is 124 Å². The average molecular weight is 810 g/mol. The monoisotopic (exact) mass is 809 g/mol. The molecule has 58 heavy (non-hydrogen) atoms. The number of carbonyl (C=O) groups is 3. The molecule has 0 unspecified atom stereocenters. The fourth-order valence-electron chi connectivity index (χ4n) is 6.57. The number of aromatic nitrogens is 2. The fourth-order valence-corrected chi connectivity index (χ4v) is 6.57. The molecule has 306 valence electrons. The first kappa shape index (κ1) is 41.7. The van der Waals surface area contributed by atoms with Crippen LogP contribution in [0.15, 0.2) is 72.9 Å². The number of carbonyl (C=O) groups excluding carboxylic acids is 3. The smallest absolute Gasteiger partial charge is 0.424 e. The summed E-state index contributed by atoms with van der Waals surface area (Å²) in [5.41, 5.74) is 6.05. The molecule has 0 bridgehead atoms. The van der Waals surface area contributed by atoms with Gasteiger partial charge in [-0.1, -0.05) is 48.5 Å². The number of pyridine rings is 1. The zero-order valence-electron chi connectivity index (χ0n) is 31.6. The number of nitrogens with zero attached hydrogens (tertiary/aromatic N) is 4. The quantitative estimate of drug-likeness (QED) is 0.0201. The summed E-state index contributed by atoms with van der Waals surface area (Å²) in [6.07, 6.45) is 0.760. The molecule has 12 nitrogen and oxygen atoms in total. The number of halogens is 5. The van der Waals surface area contributed by atoms with Gasteiger partial charge in [0.25, 0.3) is 0 Å². The van der Waals surface area contributed by atoms with Crippen molar-refractivity contribution < 1.29 is 55.3 Å². The molecular weight excluding hydrogens is 769 g/mol. The third-order valence-corrected chi connectivity index (χ3v) is 9.58. The van der Waals surface area contributed by atoms with Crippen molar-refractivity contribution in [2.24, 2.45) is 0 Å². The lowest BCUT2D eigenvalue weighted by Crippen LogP contribution is -2.41. The maximum absolute atomic E-state index is 13.7. The summed E-state index contributed by atoms with van der Waals surface area (Å²) >= 11 is 0. The average Bonchev–Trinajstić information content (AvgIpc) is 3.75. The van der Waals surface area contributed by atoms with Gasteiger partial charge < -0.3 is 28.8 Å². The molecule has 0 aliphatic heterocycles. The molecule has 1 N–H and O–H groups in total. The van der Waals surface area contributed by atoms with Crippen LogP contribution in [-0.2, 0) is 36.9 Å². The van der Waals surface area contributed by atoms with Crippen LogP contribution in [-0.4, -0.2) is 91.2 Å². The van der Waals surface area contributed by atoms with E-state index in [9.17, 15) is 36.3 Å². The second kappa shape index (κ2) is 19.0. The number of amides is 2. The first-order valence-corrected chi connectivity index (χ1v) is 18.3. The molecule has 2 amide bonds. The number of aryl methyl sites for hydroxylation is 1. The van der Waals surface area contributed by atoms with Crippen molar-refractivity contribution in [3.63, 3.8) is 0 Å². The Hall–Kier alpha value is -5.91. The van der Waals surface area contributed by atoms with Crippen molar-refractivity contribution >= 4 is 29.0 Å². The number of fused-ring (bicyclic) bond motifs is 4. The molecule has 0 atom stereocenters.